The van der Waals surface area contributed by atoms with Gasteiger partial charge in [-0.1, -0.05) is 60.7 Å². The molecule has 5 heteroatoms. The Labute approximate surface area is 157 Å². The van der Waals surface area contributed by atoms with Crippen LogP contribution < -0.4 is 0 Å². The normalized spacial score (nSPS) is 10.4. The standard InChI is InChI=1S/C22H19NO4/c1-2-27-20(24)15-23-14-18(21(25)16-9-5-3-6-10-16)13-19(23)22(26)17-11-7-4-8-12-17/h3-14H,2,15H2,1H3. The van der Waals surface area contributed by atoms with Gasteiger partial charge in [0.1, 0.15) is 6.54 Å². The molecule has 0 bridgehead atoms. The van der Waals surface area contributed by atoms with Crippen LogP contribution in [-0.2, 0) is 16.1 Å². The fourth-order valence-corrected chi connectivity index (χ4v) is 2.80. The van der Waals surface area contributed by atoms with E-state index in [0.717, 1.165) is 0 Å². The quantitative estimate of drug-likeness (QED) is 0.477. The SMILES string of the molecule is CCOC(=O)Cn1cc(C(=O)c2ccccc2)cc1C(=O)c1ccccc1. The Kier molecular flexibility index (Phi) is 5.61. The molecule has 0 unspecified atom stereocenters. The summed E-state index contributed by atoms with van der Waals surface area (Å²) in [5.74, 6) is -0.929. The van der Waals surface area contributed by atoms with Gasteiger partial charge in [-0.05, 0) is 13.0 Å². The van der Waals surface area contributed by atoms with Gasteiger partial charge in [0, 0.05) is 22.9 Å². The summed E-state index contributed by atoms with van der Waals surface area (Å²) in [4.78, 5) is 37.6. The van der Waals surface area contributed by atoms with E-state index in [-0.39, 0.29) is 30.4 Å². The van der Waals surface area contributed by atoms with Crippen molar-refractivity contribution < 1.29 is 19.1 Å². The fourth-order valence-electron chi connectivity index (χ4n) is 2.80. The molecule has 2 aromatic carbocycles. The first kappa shape index (κ1) is 18.3. The number of carbonyl (C=O) groups excluding carboxylic acids is 3. The highest BCUT2D eigenvalue weighted by Crippen LogP contribution is 2.18. The third kappa shape index (κ3) is 4.20. The van der Waals surface area contributed by atoms with Crippen LogP contribution in [0.15, 0.2) is 72.9 Å². The van der Waals surface area contributed by atoms with Gasteiger partial charge in [0.15, 0.2) is 5.78 Å². The molecule has 136 valence electrons. The smallest absolute Gasteiger partial charge is 0.325 e. The van der Waals surface area contributed by atoms with Gasteiger partial charge in [-0.2, -0.15) is 0 Å². The van der Waals surface area contributed by atoms with Gasteiger partial charge in [0.25, 0.3) is 0 Å². The average Bonchev–Trinajstić information content (AvgIpc) is 3.12. The number of benzene rings is 2. The zero-order chi connectivity index (χ0) is 19.2. The molecule has 0 atom stereocenters. The second kappa shape index (κ2) is 8.27. The van der Waals surface area contributed by atoms with Crippen molar-refractivity contribution in [2.24, 2.45) is 0 Å². The number of esters is 1. The van der Waals surface area contributed by atoms with Crippen molar-refractivity contribution in [2.45, 2.75) is 13.5 Å². The van der Waals surface area contributed by atoms with Gasteiger partial charge in [-0.15, -0.1) is 0 Å². The lowest BCUT2D eigenvalue weighted by atomic mass is 10.0. The van der Waals surface area contributed by atoms with E-state index in [1.807, 2.05) is 12.1 Å². The lowest BCUT2D eigenvalue weighted by Crippen LogP contribution is -2.17. The molecule has 0 aliphatic carbocycles. The molecule has 0 fully saturated rings. The van der Waals surface area contributed by atoms with Crippen molar-refractivity contribution in [3.8, 4) is 0 Å². The van der Waals surface area contributed by atoms with Gasteiger partial charge in [0.2, 0.25) is 5.78 Å². The molecular weight excluding hydrogens is 342 g/mol. The van der Waals surface area contributed by atoms with Gasteiger partial charge in [-0.3, -0.25) is 14.4 Å². The fraction of sp³-hybridized carbons (Fsp3) is 0.136. The van der Waals surface area contributed by atoms with Gasteiger partial charge < -0.3 is 9.30 Å². The number of ketones is 2. The maximum absolute atomic E-state index is 12.9. The second-order valence-corrected chi connectivity index (χ2v) is 5.94. The summed E-state index contributed by atoms with van der Waals surface area (Å²) >= 11 is 0. The van der Waals surface area contributed by atoms with Gasteiger partial charge >= 0.3 is 5.97 Å². The van der Waals surface area contributed by atoms with Gasteiger partial charge in [-0.25, -0.2) is 0 Å². The Morgan fingerprint density at radius 1 is 0.815 bits per heavy atom. The monoisotopic (exact) mass is 361 g/mol. The molecule has 0 spiro atoms. The third-order valence-electron chi connectivity index (χ3n) is 4.07. The van der Waals surface area contributed by atoms with Crippen LogP contribution in [0, 0.1) is 0 Å². The molecule has 1 aromatic heterocycles. The molecule has 3 rings (SSSR count). The van der Waals surface area contributed by atoms with Gasteiger partial charge in [0.05, 0.1) is 12.3 Å². The van der Waals surface area contributed by atoms with E-state index in [9.17, 15) is 14.4 Å². The first-order chi connectivity index (χ1) is 13.1. The molecule has 0 aliphatic rings. The molecular formula is C22H19NO4. The molecule has 27 heavy (non-hydrogen) atoms. The van der Waals surface area contributed by atoms with E-state index in [1.54, 1.807) is 55.5 Å². The molecule has 0 saturated heterocycles. The highest BCUT2D eigenvalue weighted by Gasteiger charge is 2.21. The Balaban J connectivity index is 1.99. The lowest BCUT2D eigenvalue weighted by molar-refractivity contribution is -0.143. The van der Waals surface area contributed by atoms with Crippen LogP contribution in [0.3, 0.4) is 0 Å². The van der Waals surface area contributed by atoms with Crippen molar-refractivity contribution in [1.82, 2.24) is 4.57 Å². The number of aromatic nitrogens is 1. The Bertz CT molecular complexity index is 958. The minimum Gasteiger partial charge on any atom is -0.465 e. The van der Waals surface area contributed by atoms with E-state index in [0.29, 0.717) is 16.7 Å². The first-order valence-electron chi connectivity index (χ1n) is 8.65. The maximum Gasteiger partial charge on any atom is 0.325 e. The topological polar surface area (TPSA) is 65.4 Å². The average molecular weight is 361 g/mol. The van der Waals surface area contributed by atoms with Crippen molar-refractivity contribution in [3.63, 3.8) is 0 Å². The number of ether oxygens (including phenoxy) is 1. The Morgan fingerprint density at radius 3 is 1.93 bits per heavy atom. The Hall–Kier alpha value is -3.47. The predicted octanol–water partition coefficient (Wildman–Crippen LogP) is 3.51. The van der Waals surface area contributed by atoms with Crippen LogP contribution in [0.5, 0.6) is 0 Å². The molecule has 0 saturated carbocycles. The van der Waals surface area contributed by atoms with E-state index < -0.39 is 5.97 Å². The van der Waals surface area contributed by atoms with Crippen LogP contribution in [-0.4, -0.2) is 28.7 Å². The lowest BCUT2D eigenvalue weighted by Gasteiger charge is -2.08. The van der Waals surface area contributed by atoms with E-state index in [1.165, 1.54) is 16.8 Å². The number of rotatable bonds is 7. The summed E-state index contributed by atoms with van der Waals surface area (Å²) in [6.45, 7) is 1.83. The highest BCUT2D eigenvalue weighted by atomic mass is 16.5. The maximum atomic E-state index is 12.9. The summed E-state index contributed by atoms with van der Waals surface area (Å²) in [5.41, 5.74) is 1.63. The highest BCUT2D eigenvalue weighted by molar-refractivity contribution is 6.13. The number of hydrogen-bond acceptors (Lipinski definition) is 4. The third-order valence-corrected chi connectivity index (χ3v) is 4.07. The van der Waals surface area contributed by atoms with Crippen molar-refractivity contribution >= 4 is 17.5 Å². The van der Waals surface area contributed by atoms with Crippen molar-refractivity contribution in [3.05, 3.63) is 95.3 Å². The predicted molar refractivity (Wildman–Crippen MR) is 101 cm³/mol. The molecule has 0 N–H and O–H groups in total. The second-order valence-electron chi connectivity index (χ2n) is 5.94. The van der Waals surface area contributed by atoms with Crippen LogP contribution in [0.2, 0.25) is 0 Å². The van der Waals surface area contributed by atoms with Crippen molar-refractivity contribution in [1.29, 1.82) is 0 Å². The number of carbonyl (C=O) groups is 3. The van der Waals surface area contributed by atoms with Crippen LogP contribution >= 0.6 is 0 Å². The van der Waals surface area contributed by atoms with E-state index in [2.05, 4.69) is 0 Å². The zero-order valence-corrected chi connectivity index (χ0v) is 14.9. The van der Waals surface area contributed by atoms with Crippen LogP contribution in [0.4, 0.5) is 0 Å². The number of nitrogens with zero attached hydrogens (tertiary/aromatic N) is 1. The molecule has 3 aromatic rings. The minimum atomic E-state index is -0.464. The van der Waals surface area contributed by atoms with Crippen LogP contribution in [0.1, 0.15) is 38.9 Å². The molecule has 5 nitrogen and oxygen atoms in total. The van der Waals surface area contributed by atoms with E-state index >= 15 is 0 Å². The summed E-state index contributed by atoms with van der Waals surface area (Å²) in [6, 6.07) is 19.1. The summed E-state index contributed by atoms with van der Waals surface area (Å²) < 4.78 is 6.46. The first-order valence-corrected chi connectivity index (χ1v) is 8.65. The minimum absolute atomic E-state index is 0.135. The summed E-state index contributed by atoms with van der Waals surface area (Å²) in [7, 11) is 0. The molecule has 0 aliphatic heterocycles. The van der Waals surface area contributed by atoms with Crippen LogP contribution in [0.25, 0.3) is 0 Å². The Morgan fingerprint density at radius 2 is 1.37 bits per heavy atom. The number of hydrogen-bond donors (Lipinski definition) is 0. The zero-order valence-electron chi connectivity index (χ0n) is 14.9. The summed E-state index contributed by atoms with van der Waals surface area (Å²) in [6.07, 6.45) is 1.53. The van der Waals surface area contributed by atoms with E-state index in [4.69, 9.17) is 4.74 Å². The molecule has 0 amide bonds. The summed E-state index contributed by atoms with van der Waals surface area (Å²) in [5, 5.41) is 0. The molecule has 0 radical (unpaired) electrons. The van der Waals surface area contributed by atoms with Crippen molar-refractivity contribution in [2.75, 3.05) is 6.61 Å². The molecule has 1 heterocycles. The largest absolute Gasteiger partial charge is 0.465 e.